The zero-order valence-corrected chi connectivity index (χ0v) is 13.6. The van der Waals surface area contributed by atoms with Crippen LogP contribution >= 0.6 is 0 Å². The topological polar surface area (TPSA) is 38.3 Å². The number of nitrogens with one attached hydrogen (secondary N) is 1. The normalized spacial score (nSPS) is 20.5. The van der Waals surface area contributed by atoms with Gasteiger partial charge >= 0.3 is 12.1 Å². The van der Waals surface area contributed by atoms with E-state index in [-0.39, 0.29) is 17.9 Å². The van der Waals surface area contributed by atoms with E-state index >= 15 is 0 Å². The number of benzene rings is 2. The zero-order valence-electron chi connectivity index (χ0n) is 13.6. The van der Waals surface area contributed by atoms with E-state index in [1.165, 1.54) is 7.11 Å². The van der Waals surface area contributed by atoms with Gasteiger partial charge in [-0.3, -0.25) is 0 Å². The number of esters is 1. The third-order valence-electron chi connectivity index (χ3n) is 4.57. The number of hydrogen-bond acceptors (Lipinski definition) is 3. The van der Waals surface area contributed by atoms with E-state index in [2.05, 4.69) is 10.1 Å². The fraction of sp³-hybridized carbons (Fsp3) is 0.316. The summed E-state index contributed by atoms with van der Waals surface area (Å²) in [7, 11) is 1.34. The Morgan fingerprint density at radius 2 is 1.64 bits per heavy atom. The monoisotopic (exact) mass is 349 g/mol. The molecule has 1 N–H and O–H groups in total. The van der Waals surface area contributed by atoms with E-state index < -0.39 is 11.7 Å². The summed E-state index contributed by atoms with van der Waals surface area (Å²) in [6, 6.07) is 12.7. The second kappa shape index (κ2) is 6.88. The Balaban J connectivity index is 1.68. The van der Waals surface area contributed by atoms with Crippen LogP contribution in [0.3, 0.4) is 0 Å². The molecule has 0 spiro atoms. The first-order valence-electron chi connectivity index (χ1n) is 7.97. The molecule has 1 fully saturated rings. The number of methoxy groups -OCH3 is 1. The first kappa shape index (κ1) is 17.5. The maximum absolute atomic E-state index is 12.7. The molecule has 132 valence electrons. The van der Waals surface area contributed by atoms with Gasteiger partial charge in [0.25, 0.3) is 0 Å². The molecule has 2 unspecified atom stereocenters. The third kappa shape index (κ3) is 3.85. The van der Waals surface area contributed by atoms with Crippen LogP contribution in [0, 0.1) is 0 Å². The van der Waals surface area contributed by atoms with Gasteiger partial charge in [-0.1, -0.05) is 24.3 Å². The van der Waals surface area contributed by atoms with E-state index in [0.29, 0.717) is 12.1 Å². The number of rotatable bonds is 3. The Labute approximate surface area is 143 Å². The lowest BCUT2D eigenvalue weighted by Crippen LogP contribution is -2.13. The van der Waals surface area contributed by atoms with Crippen molar-refractivity contribution in [3.05, 3.63) is 70.8 Å². The molecule has 1 aliphatic heterocycles. The van der Waals surface area contributed by atoms with Crippen LogP contribution in [0.15, 0.2) is 48.5 Å². The molecule has 0 aliphatic carbocycles. The van der Waals surface area contributed by atoms with Crippen molar-refractivity contribution in [3.63, 3.8) is 0 Å². The molecule has 25 heavy (non-hydrogen) atoms. The number of alkyl halides is 3. The van der Waals surface area contributed by atoms with Crippen molar-refractivity contribution in [2.24, 2.45) is 0 Å². The molecule has 0 radical (unpaired) electrons. The van der Waals surface area contributed by atoms with Gasteiger partial charge in [0, 0.05) is 12.6 Å². The lowest BCUT2D eigenvalue weighted by molar-refractivity contribution is -0.137. The predicted molar refractivity (Wildman–Crippen MR) is 87.3 cm³/mol. The van der Waals surface area contributed by atoms with Crippen molar-refractivity contribution in [1.82, 2.24) is 5.32 Å². The van der Waals surface area contributed by atoms with Gasteiger partial charge in [-0.05, 0) is 47.7 Å². The number of halogens is 3. The molecule has 2 aromatic carbocycles. The van der Waals surface area contributed by atoms with Crippen molar-refractivity contribution >= 4 is 5.97 Å². The molecular formula is C19H18F3NO2. The lowest BCUT2D eigenvalue weighted by atomic mass is 9.93. The number of carbonyl (C=O) groups excluding carboxylic acids is 1. The summed E-state index contributed by atoms with van der Waals surface area (Å²) >= 11 is 0. The number of ether oxygens (including phenoxy) is 1. The van der Waals surface area contributed by atoms with Gasteiger partial charge in [0.15, 0.2) is 0 Å². The molecule has 2 aromatic rings. The number of hydrogen-bond donors (Lipinski definition) is 1. The summed E-state index contributed by atoms with van der Waals surface area (Å²) in [5.41, 5.74) is 1.80. The van der Waals surface area contributed by atoms with E-state index in [1.807, 2.05) is 12.1 Å². The summed E-state index contributed by atoms with van der Waals surface area (Å²) in [5.74, 6) is -0.221. The van der Waals surface area contributed by atoms with Gasteiger partial charge in [-0.2, -0.15) is 13.2 Å². The first-order chi connectivity index (χ1) is 11.9. The summed E-state index contributed by atoms with van der Waals surface area (Å²) in [5, 5.41) is 3.39. The van der Waals surface area contributed by atoms with Crippen LogP contribution in [0.4, 0.5) is 13.2 Å². The van der Waals surface area contributed by atoms with Crippen LogP contribution in [-0.2, 0) is 10.9 Å². The lowest BCUT2D eigenvalue weighted by Gasteiger charge is -2.13. The maximum Gasteiger partial charge on any atom is 0.416 e. The van der Waals surface area contributed by atoms with Gasteiger partial charge in [0.2, 0.25) is 0 Å². The molecule has 1 heterocycles. The van der Waals surface area contributed by atoms with Crippen molar-refractivity contribution < 1.29 is 22.7 Å². The van der Waals surface area contributed by atoms with Crippen LogP contribution in [0.1, 0.15) is 45.4 Å². The summed E-state index contributed by atoms with van der Waals surface area (Å²) in [4.78, 5) is 11.5. The van der Waals surface area contributed by atoms with E-state index in [9.17, 15) is 18.0 Å². The molecule has 1 aliphatic rings. The van der Waals surface area contributed by atoms with E-state index in [4.69, 9.17) is 0 Å². The average molecular weight is 349 g/mol. The van der Waals surface area contributed by atoms with E-state index in [0.717, 1.165) is 29.7 Å². The van der Waals surface area contributed by atoms with Crippen LogP contribution in [0.2, 0.25) is 0 Å². The van der Waals surface area contributed by atoms with Crippen molar-refractivity contribution in [1.29, 1.82) is 0 Å². The van der Waals surface area contributed by atoms with Gasteiger partial charge in [0.1, 0.15) is 0 Å². The quantitative estimate of drug-likeness (QED) is 0.839. The molecule has 0 amide bonds. The second-order valence-corrected chi connectivity index (χ2v) is 6.13. The van der Waals surface area contributed by atoms with Crippen molar-refractivity contribution in [2.45, 2.75) is 24.6 Å². The third-order valence-corrected chi connectivity index (χ3v) is 4.57. The number of carbonyl (C=O) groups is 1. The van der Waals surface area contributed by atoms with Crippen molar-refractivity contribution in [3.8, 4) is 0 Å². The molecule has 0 aromatic heterocycles. The van der Waals surface area contributed by atoms with Gasteiger partial charge in [-0.15, -0.1) is 0 Å². The predicted octanol–water partition coefficient (Wildman–Crippen LogP) is 4.31. The van der Waals surface area contributed by atoms with Crippen LogP contribution in [0.25, 0.3) is 0 Å². The van der Waals surface area contributed by atoms with Crippen LogP contribution in [0.5, 0.6) is 0 Å². The minimum Gasteiger partial charge on any atom is -0.465 e. The zero-order chi connectivity index (χ0) is 18.0. The molecular weight excluding hydrogens is 331 g/mol. The highest BCUT2D eigenvalue weighted by molar-refractivity contribution is 5.89. The molecule has 2 atom stereocenters. The standard InChI is InChI=1S/C19H18F3NO2/c1-25-18(24)14-4-2-13(3-5-14)17-10-15(11-23-17)12-6-8-16(9-7-12)19(20,21)22/h2-9,15,17,23H,10-11H2,1H3. The fourth-order valence-electron chi connectivity index (χ4n) is 3.16. The molecule has 0 bridgehead atoms. The molecule has 3 nitrogen and oxygen atoms in total. The van der Waals surface area contributed by atoms with Crippen molar-refractivity contribution in [2.75, 3.05) is 13.7 Å². The largest absolute Gasteiger partial charge is 0.465 e. The van der Waals surface area contributed by atoms with Crippen LogP contribution in [-0.4, -0.2) is 19.6 Å². The highest BCUT2D eigenvalue weighted by atomic mass is 19.4. The average Bonchev–Trinajstić information content (AvgIpc) is 3.10. The summed E-state index contributed by atoms with van der Waals surface area (Å²) in [6.45, 7) is 0.703. The summed E-state index contributed by atoms with van der Waals surface area (Å²) < 4.78 is 42.6. The minimum atomic E-state index is -4.31. The molecule has 1 saturated heterocycles. The molecule has 0 saturated carbocycles. The summed E-state index contributed by atoms with van der Waals surface area (Å²) in [6.07, 6.45) is -3.51. The van der Waals surface area contributed by atoms with Gasteiger partial charge in [0.05, 0.1) is 18.2 Å². The fourth-order valence-corrected chi connectivity index (χ4v) is 3.16. The molecule has 3 rings (SSSR count). The molecule has 6 heteroatoms. The Kier molecular flexibility index (Phi) is 4.81. The first-order valence-corrected chi connectivity index (χ1v) is 7.97. The Hall–Kier alpha value is -2.34. The minimum absolute atomic E-state index is 0.110. The Morgan fingerprint density at radius 3 is 2.20 bits per heavy atom. The SMILES string of the molecule is COC(=O)c1ccc(C2CC(c3ccc(C(F)(F)F)cc3)CN2)cc1. The van der Waals surface area contributed by atoms with E-state index in [1.54, 1.807) is 24.3 Å². The van der Waals surface area contributed by atoms with Gasteiger partial charge in [-0.25, -0.2) is 4.79 Å². The second-order valence-electron chi connectivity index (χ2n) is 6.13. The highest BCUT2D eigenvalue weighted by Crippen LogP contribution is 2.35. The smallest absolute Gasteiger partial charge is 0.416 e. The Bertz CT molecular complexity index is 739. The highest BCUT2D eigenvalue weighted by Gasteiger charge is 2.31. The Morgan fingerprint density at radius 1 is 1.04 bits per heavy atom. The van der Waals surface area contributed by atoms with Gasteiger partial charge < -0.3 is 10.1 Å². The maximum atomic E-state index is 12.7. The van der Waals surface area contributed by atoms with Crippen LogP contribution < -0.4 is 5.32 Å².